The molecule has 0 saturated heterocycles. The van der Waals surface area contributed by atoms with Crippen LogP contribution in [-0.4, -0.2) is 46.9 Å². The molecule has 0 aliphatic carbocycles. The molecule has 9 heteroatoms. The zero-order valence-electron chi connectivity index (χ0n) is 26.9. The lowest BCUT2D eigenvalue weighted by Gasteiger charge is -2.34. The molecule has 0 aliphatic rings. The van der Waals surface area contributed by atoms with Crippen molar-refractivity contribution in [3.8, 4) is 0 Å². The normalized spacial score (nSPS) is 12.6. The Morgan fingerprint density at radius 3 is 2.05 bits per heavy atom. The second-order valence-corrected chi connectivity index (χ2v) is 12.1. The van der Waals surface area contributed by atoms with Crippen LogP contribution < -0.4 is 16.4 Å². The molecule has 0 saturated carbocycles. The Hall–Kier alpha value is -3.88. The molecule has 236 valence electrons. The van der Waals surface area contributed by atoms with E-state index in [0.29, 0.717) is 17.7 Å². The van der Waals surface area contributed by atoms with Gasteiger partial charge in [-0.05, 0) is 69.7 Å². The summed E-state index contributed by atoms with van der Waals surface area (Å²) in [7, 11) is 0. The highest BCUT2D eigenvalue weighted by Gasteiger charge is 2.37. The van der Waals surface area contributed by atoms with Gasteiger partial charge in [-0.1, -0.05) is 82.0 Å². The maximum Gasteiger partial charge on any atom is 0.408 e. The van der Waals surface area contributed by atoms with E-state index in [4.69, 9.17) is 10.5 Å². The molecule has 0 bridgehead atoms. The first-order valence-corrected chi connectivity index (χ1v) is 15.3. The molecule has 0 spiro atoms. The Morgan fingerprint density at radius 2 is 1.51 bits per heavy atom. The zero-order chi connectivity index (χ0) is 32.2. The number of unbranched alkanes of at least 4 members (excludes halogenated alkanes) is 4. The standard InChI is InChI=1S/C34H50N4O5/c1-8-10-11-12-13-21-38(32(41)27(22-28(35)39)36-33(42)43-34(5,6)7)30(26-19-17-25(9-2)18-20-26)31(40)37-29-23(3)15-14-16-24(29)4/h14-20,27,30H,8-13,21-22H2,1-7H3,(H2,35,39)(H,36,42)(H,37,40). The fourth-order valence-corrected chi connectivity index (χ4v) is 4.92. The number of para-hydroxylation sites is 1. The van der Waals surface area contributed by atoms with Gasteiger partial charge >= 0.3 is 6.09 Å². The van der Waals surface area contributed by atoms with Crippen LogP contribution in [0, 0.1) is 13.8 Å². The lowest BCUT2D eigenvalue weighted by atomic mass is 9.99. The number of hydrogen-bond donors (Lipinski definition) is 3. The molecule has 2 aromatic rings. The number of amides is 4. The minimum absolute atomic E-state index is 0.244. The van der Waals surface area contributed by atoms with E-state index in [1.54, 1.807) is 20.8 Å². The van der Waals surface area contributed by atoms with Gasteiger partial charge in [0.15, 0.2) is 0 Å². The Bertz CT molecular complexity index is 1220. The highest BCUT2D eigenvalue weighted by Crippen LogP contribution is 2.28. The second-order valence-electron chi connectivity index (χ2n) is 12.1. The summed E-state index contributed by atoms with van der Waals surface area (Å²) in [6.07, 6.45) is 4.15. The van der Waals surface area contributed by atoms with Gasteiger partial charge in [0.25, 0.3) is 5.91 Å². The average molecular weight is 595 g/mol. The van der Waals surface area contributed by atoms with Crippen molar-refractivity contribution in [2.75, 3.05) is 11.9 Å². The van der Waals surface area contributed by atoms with Crippen LogP contribution in [0.2, 0.25) is 0 Å². The van der Waals surface area contributed by atoms with Crippen LogP contribution in [-0.2, 0) is 25.5 Å². The van der Waals surface area contributed by atoms with Gasteiger partial charge in [0.2, 0.25) is 11.8 Å². The van der Waals surface area contributed by atoms with Crippen molar-refractivity contribution in [3.05, 3.63) is 64.7 Å². The van der Waals surface area contributed by atoms with Crippen molar-refractivity contribution in [3.63, 3.8) is 0 Å². The van der Waals surface area contributed by atoms with Crippen LogP contribution in [0.15, 0.2) is 42.5 Å². The number of carbonyl (C=O) groups excluding carboxylic acids is 4. The van der Waals surface area contributed by atoms with Gasteiger partial charge in [-0.3, -0.25) is 14.4 Å². The number of carbonyl (C=O) groups is 4. The van der Waals surface area contributed by atoms with Crippen molar-refractivity contribution in [2.24, 2.45) is 5.73 Å². The van der Waals surface area contributed by atoms with E-state index in [2.05, 4.69) is 17.6 Å². The summed E-state index contributed by atoms with van der Waals surface area (Å²) < 4.78 is 5.38. The van der Waals surface area contributed by atoms with Crippen LogP contribution in [0.5, 0.6) is 0 Å². The summed E-state index contributed by atoms with van der Waals surface area (Å²) in [5, 5.41) is 5.61. The van der Waals surface area contributed by atoms with E-state index in [9.17, 15) is 19.2 Å². The van der Waals surface area contributed by atoms with E-state index in [-0.39, 0.29) is 6.54 Å². The third-order valence-corrected chi connectivity index (χ3v) is 7.17. The molecule has 0 aliphatic heterocycles. The minimum atomic E-state index is -1.31. The summed E-state index contributed by atoms with van der Waals surface area (Å²) >= 11 is 0. The molecule has 0 fully saturated rings. The van der Waals surface area contributed by atoms with Crippen molar-refractivity contribution in [1.29, 1.82) is 0 Å². The maximum atomic E-state index is 14.3. The smallest absolute Gasteiger partial charge is 0.408 e. The van der Waals surface area contributed by atoms with Gasteiger partial charge in [0.1, 0.15) is 17.7 Å². The molecule has 0 heterocycles. The monoisotopic (exact) mass is 594 g/mol. The average Bonchev–Trinajstić information content (AvgIpc) is 2.92. The predicted octanol–water partition coefficient (Wildman–Crippen LogP) is 6.11. The van der Waals surface area contributed by atoms with Gasteiger partial charge in [-0.15, -0.1) is 0 Å². The van der Waals surface area contributed by atoms with E-state index in [1.807, 2.05) is 63.2 Å². The first-order valence-electron chi connectivity index (χ1n) is 15.3. The van der Waals surface area contributed by atoms with Crippen molar-refractivity contribution >= 4 is 29.5 Å². The molecule has 2 unspecified atom stereocenters. The van der Waals surface area contributed by atoms with Gasteiger partial charge in [0, 0.05) is 12.2 Å². The largest absolute Gasteiger partial charge is 0.444 e. The zero-order valence-corrected chi connectivity index (χ0v) is 26.9. The number of rotatable bonds is 15. The first-order chi connectivity index (χ1) is 20.3. The summed E-state index contributed by atoms with van der Waals surface area (Å²) in [5.74, 6) is -1.74. The van der Waals surface area contributed by atoms with Gasteiger partial charge in [-0.25, -0.2) is 4.79 Å². The Morgan fingerprint density at radius 1 is 0.907 bits per heavy atom. The number of nitrogens with one attached hydrogen (secondary N) is 2. The minimum Gasteiger partial charge on any atom is -0.444 e. The number of anilines is 1. The SMILES string of the molecule is CCCCCCCN(C(=O)C(CC(N)=O)NC(=O)OC(C)(C)C)C(C(=O)Nc1c(C)cccc1C)c1ccc(CC)cc1. The van der Waals surface area contributed by atoms with Crippen LogP contribution >= 0.6 is 0 Å². The van der Waals surface area contributed by atoms with Crippen molar-refractivity contribution in [2.45, 2.75) is 111 Å². The highest BCUT2D eigenvalue weighted by molar-refractivity contribution is 6.00. The van der Waals surface area contributed by atoms with Crippen molar-refractivity contribution in [1.82, 2.24) is 10.2 Å². The van der Waals surface area contributed by atoms with Crippen molar-refractivity contribution < 1.29 is 23.9 Å². The molecule has 2 atom stereocenters. The van der Waals surface area contributed by atoms with E-state index < -0.39 is 47.9 Å². The summed E-state index contributed by atoms with van der Waals surface area (Å²) in [4.78, 5) is 54.8. The number of nitrogens with zero attached hydrogens (tertiary/aromatic N) is 1. The van der Waals surface area contributed by atoms with Crippen LogP contribution in [0.4, 0.5) is 10.5 Å². The van der Waals surface area contributed by atoms with Gasteiger partial charge < -0.3 is 26.0 Å². The third-order valence-electron chi connectivity index (χ3n) is 7.17. The van der Waals surface area contributed by atoms with Crippen LogP contribution in [0.1, 0.15) is 101 Å². The molecular weight excluding hydrogens is 544 g/mol. The molecule has 9 nitrogen and oxygen atoms in total. The highest BCUT2D eigenvalue weighted by atomic mass is 16.6. The first kappa shape index (κ1) is 35.3. The molecule has 2 rings (SSSR count). The summed E-state index contributed by atoms with van der Waals surface area (Å²) in [5.41, 5.74) is 8.88. The lowest BCUT2D eigenvalue weighted by Crippen LogP contribution is -2.53. The number of ether oxygens (including phenoxy) is 1. The maximum absolute atomic E-state index is 14.3. The number of hydrogen-bond acceptors (Lipinski definition) is 5. The third kappa shape index (κ3) is 11.4. The molecular formula is C34H50N4O5. The molecule has 43 heavy (non-hydrogen) atoms. The summed E-state index contributed by atoms with van der Waals surface area (Å²) in [6, 6.07) is 11.0. The van der Waals surface area contributed by atoms with Gasteiger partial charge in [-0.2, -0.15) is 0 Å². The van der Waals surface area contributed by atoms with E-state index in [0.717, 1.165) is 48.8 Å². The van der Waals surface area contributed by atoms with Crippen LogP contribution in [0.3, 0.4) is 0 Å². The fraction of sp³-hybridized carbons (Fsp3) is 0.529. The molecule has 4 amide bonds. The second kappa shape index (κ2) is 16.7. The van der Waals surface area contributed by atoms with Crippen LogP contribution in [0.25, 0.3) is 0 Å². The number of nitrogens with two attached hydrogens (primary N) is 1. The molecule has 0 radical (unpaired) electrons. The van der Waals surface area contributed by atoms with E-state index >= 15 is 0 Å². The quantitative estimate of drug-likeness (QED) is 0.214. The molecule has 4 N–H and O–H groups in total. The Kier molecular flexibility index (Phi) is 13.7. The lowest BCUT2D eigenvalue weighted by molar-refractivity contribution is -0.142. The van der Waals surface area contributed by atoms with Gasteiger partial charge in [0.05, 0.1) is 6.42 Å². The number of aryl methyl sites for hydroxylation is 3. The van der Waals surface area contributed by atoms with E-state index in [1.165, 1.54) is 4.90 Å². The number of benzene rings is 2. The summed E-state index contributed by atoms with van der Waals surface area (Å²) in [6.45, 7) is 13.4. The molecule has 2 aromatic carbocycles. The Balaban J connectivity index is 2.59. The number of alkyl carbamates (subject to hydrolysis) is 1. The number of primary amides is 1. The topological polar surface area (TPSA) is 131 Å². The predicted molar refractivity (Wildman–Crippen MR) is 171 cm³/mol. The Labute approximate surface area is 256 Å². The fourth-order valence-electron chi connectivity index (χ4n) is 4.92. The molecule has 0 aromatic heterocycles.